The second kappa shape index (κ2) is 5.25. The molecule has 1 aliphatic carbocycles. The maximum Gasteiger partial charge on any atom is 0.178 e. The number of halogens is 2. The van der Waals surface area contributed by atoms with E-state index in [1.807, 2.05) is 4.57 Å². The Labute approximate surface area is 121 Å². The lowest BCUT2D eigenvalue weighted by Crippen LogP contribution is -2.03. The van der Waals surface area contributed by atoms with E-state index in [0.717, 1.165) is 29.9 Å². The van der Waals surface area contributed by atoms with E-state index in [4.69, 9.17) is 23.8 Å². The van der Waals surface area contributed by atoms with Gasteiger partial charge in [-0.3, -0.25) is 0 Å². The fourth-order valence-corrected chi connectivity index (χ4v) is 3.44. The van der Waals surface area contributed by atoms with Gasteiger partial charge in [0, 0.05) is 12.6 Å². The average Bonchev–Trinajstić information content (AvgIpc) is 2.96. The Morgan fingerprint density at radius 3 is 2.84 bits per heavy atom. The fraction of sp³-hybridized carbons (Fsp3) is 0.500. The highest BCUT2D eigenvalue weighted by Crippen LogP contribution is 2.29. The molecule has 1 aliphatic rings. The van der Waals surface area contributed by atoms with E-state index >= 15 is 0 Å². The molecule has 1 saturated carbocycles. The number of aromatic amines is 1. The summed E-state index contributed by atoms with van der Waals surface area (Å²) >= 11 is 11.2. The Balaban J connectivity index is 1.91. The summed E-state index contributed by atoms with van der Waals surface area (Å²) in [5, 5.41) is 0.149. The molecule has 1 heterocycles. The number of H-pyrrole nitrogens is 1. The predicted octanol–water partition coefficient (Wildman–Crippen LogP) is 5.07. The zero-order chi connectivity index (χ0) is 13.4. The standard InChI is InChI=1S/C14H16ClFN2S/c15-10-7-13-12(8-11(10)16)17-14(19)18(13)6-5-9-3-1-2-4-9/h7-9H,1-6H2,(H,17,19). The number of benzene rings is 1. The summed E-state index contributed by atoms with van der Waals surface area (Å²) in [5.74, 6) is 0.399. The Kier molecular flexibility index (Phi) is 3.63. The first-order valence-electron chi connectivity index (χ1n) is 6.72. The van der Waals surface area contributed by atoms with Gasteiger partial charge in [-0.15, -0.1) is 0 Å². The molecular weight excluding hydrogens is 283 g/mol. The molecule has 102 valence electrons. The van der Waals surface area contributed by atoms with Crippen molar-refractivity contribution in [2.75, 3.05) is 0 Å². The molecule has 1 N–H and O–H groups in total. The zero-order valence-corrected chi connectivity index (χ0v) is 12.2. The van der Waals surface area contributed by atoms with Crippen LogP contribution in [0.5, 0.6) is 0 Å². The second-order valence-electron chi connectivity index (χ2n) is 5.30. The van der Waals surface area contributed by atoms with Crippen LogP contribution in [0.2, 0.25) is 5.02 Å². The van der Waals surface area contributed by atoms with Crippen molar-refractivity contribution in [2.45, 2.75) is 38.6 Å². The van der Waals surface area contributed by atoms with Crippen molar-refractivity contribution in [1.29, 1.82) is 0 Å². The molecule has 0 amide bonds. The van der Waals surface area contributed by atoms with Crippen molar-refractivity contribution in [2.24, 2.45) is 5.92 Å². The molecule has 2 nitrogen and oxygen atoms in total. The lowest BCUT2D eigenvalue weighted by Gasteiger charge is -2.10. The third-order valence-electron chi connectivity index (χ3n) is 4.05. The van der Waals surface area contributed by atoms with Gasteiger partial charge < -0.3 is 9.55 Å². The molecule has 0 saturated heterocycles. The molecule has 1 aromatic carbocycles. The first-order valence-corrected chi connectivity index (χ1v) is 7.51. The van der Waals surface area contributed by atoms with E-state index in [2.05, 4.69) is 4.98 Å². The smallest absolute Gasteiger partial charge is 0.178 e. The maximum absolute atomic E-state index is 13.4. The normalized spacial score (nSPS) is 16.5. The van der Waals surface area contributed by atoms with E-state index in [1.165, 1.54) is 31.7 Å². The van der Waals surface area contributed by atoms with Gasteiger partial charge in [-0.2, -0.15) is 0 Å². The Morgan fingerprint density at radius 1 is 1.37 bits per heavy atom. The summed E-state index contributed by atoms with van der Waals surface area (Å²) in [6, 6.07) is 3.08. The van der Waals surface area contributed by atoms with Crippen LogP contribution in [-0.4, -0.2) is 9.55 Å². The second-order valence-corrected chi connectivity index (χ2v) is 6.10. The first-order chi connectivity index (χ1) is 9.15. The van der Waals surface area contributed by atoms with Gasteiger partial charge in [0.05, 0.1) is 16.1 Å². The summed E-state index contributed by atoms with van der Waals surface area (Å²) < 4.78 is 16.1. The highest BCUT2D eigenvalue weighted by molar-refractivity contribution is 7.71. The fourth-order valence-electron chi connectivity index (χ4n) is 2.98. The lowest BCUT2D eigenvalue weighted by atomic mass is 10.0. The molecular formula is C14H16ClFN2S. The Bertz CT molecular complexity index is 655. The summed E-state index contributed by atoms with van der Waals surface area (Å²) in [6.07, 6.45) is 6.48. The number of fused-ring (bicyclic) bond motifs is 1. The van der Waals surface area contributed by atoms with Crippen molar-refractivity contribution in [3.8, 4) is 0 Å². The van der Waals surface area contributed by atoms with Gasteiger partial charge in [-0.05, 0) is 30.6 Å². The molecule has 0 bridgehead atoms. The molecule has 1 fully saturated rings. The van der Waals surface area contributed by atoms with Crippen LogP contribution >= 0.6 is 23.8 Å². The van der Waals surface area contributed by atoms with E-state index in [-0.39, 0.29) is 5.02 Å². The number of aromatic nitrogens is 2. The van der Waals surface area contributed by atoms with Gasteiger partial charge >= 0.3 is 0 Å². The Morgan fingerprint density at radius 2 is 2.11 bits per heavy atom. The minimum atomic E-state index is -0.409. The number of nitrogens with zero attached hydrogens (tertiary/aromatic N) is 1. The quantitative estimate of drug-likeness (QED) is 0.784. The minimum absolute atomic E-state index is 0.149. The van der Waals surface area contributed by atoms with Crippen LogP contribution in [0.3, 0.4) is 0 Å². The highest BCUT2D eigenvalue weighted by Gasteiger charge is 2.16. The van der Waals surface area contributed by atoms with E-state index in [1.54, 1.807) is 6.07 Å². The van der Waals surface area contributed by atoms with E-state index in [9.17, 15) is 4.39 Å². The number of aryl methyl sites for hydroxylation is 1. The highest BCUT2D eigenvalue weighted by atomic mass is 35.5. The van der Waals surface area contributed by atoms with Crippen molar-refractivity contribution < 1.29 is 4.39 Å². The van der Waals surface area contributed by atoms with E-state index in [0.29, 0.717) is 4.77 Å². The summed E-state index contributed by atoms with van der Waals surface area (Å²) in [6.45, 7) is 0.880. The van der Waals surface area contributed by atoms with Crippen molar-refractivity contribution in [3.63, 3.8) is 0 Å². The number of nitrogens with one attached hydrogen (secondary N) is 1. The molecule has 5 heteroatoms. The minimum Gasteiger partial charge on any atom is -0.330 e. The number of rotatable bonds is 3. The van der Waals surface area contributed by atoms with Crippen molar-refractivity contribution in [3.05, 3.63) is 27.7 Å². The molecule has 2 aromatic rings. The summed E-state index contributed by atoms with van der Waals surface area (Å²) in [5.41, 5.74) is 1.62. The van der Waals surface area contributed by atoms with Gasteiger partial charge in [0.2, 0.25) is 0 Å². The van der Waals surface area contributed by atoms with Crippen molar-refractivity contribution in [1.82, 2.24) is 9.55 Å². The third kappa shape index (κ3) is 2.56. The van der Waals surface area contributed by atoms with Crippen LogP contribution in [0.25, 0.3) is 11.0 Å². The molecule has 0 aliphatic heterocycles. The molecule has 1 aromatic heterocycles. The monoisotopic (exact) mass is 298 g/mol. The van der Waals surface area contributed by atoms with Gasteiger partial charge in [-0.1, -0.05) is 37.3 Å². The van der Waals surface area contributed by atoms with Crippen LogP contribution in [0, 0.1) is 16.5 Å². The van der Waals surface area contributed by atoms with Crippen LogP contribution in [0.1, 0.15) is 32.1 Å². The summed E-state index contributed by atoms with van der Waals surface area (Å²) in [7, 11) is 0. The maximum atomic E-state index is 13.4. The topological polar surface area (TPSA) is 20.7 Å². The molecule has 0 radical (unpaired) electrons. The number of hydrogen-bond donors (Lipinski definition) is 1. The van der Waals surface area contributed by atoms with E-state index < -0.39 is 5.82 Å². The third-order valence-corrected chi connectivity index (χ3v) is 4.66. The van der Waals surface area contributed by atoms with Gasteiger partial charge in [0.1, 0.15) is 5.82 Å². The van der Waals surface area contributed by atoms with Gasteiger partial charge in [0.15, 0.2) is 4.77 Å². The van der Waals surface area contributed by atoms with Crippen molar-refractivity contribution >= 4 is 34.9 Å². The zero-order valence-electron chi connectivity index (χ0n) is 10.6. The Hall–Kier alpha value is -0.870. The average molecular weight is 299 g/mol. The molecule has 0 spiro atoms. The largest absolute Gasteiger partial charge is 0.330 e. The van der Waals surface area contributed by atoms with Crippen LogP contribution in [-0.2, 0) is 6.54 Å². The summed E-state index contributed by atoms with van der Waals surface area (Å²) in [4.78, 5) is 3.05. The van der Waals surface area contributed by atoms with Gasteiger partial charge in [0.25, 0.3) is 0 Å². The molecule has 0 atom stereocenters. The molecule has 3 rings (SSSR count). The van der Waals surface area contributed by atoms with Crippen LogP contribution < -0.4 is 0 Å². The number of imidazole rings is 1. The van der Waals surface area contributed by atoms with Gasteiger partial charge in [-0.25, -0.2) is 4.39 Å². The lowest BCUT2D eigenvalue weighted by molar-refractivity contribution is 0.461. The predicted molar refractivity (Wildman–Crippen MR) is 78.7 cm³/mol. The molecule has 0 unspecified atom stereocenters. The van der Waals surface area contributed by atoms with Crippen LogP contribution in [0.15, 0.2) is 12.1 Å². The SMILES string of the molecule is Fc1cc2[nH]c(=S)n(CCC3CCCC3)c2cc1Cl. The first kappa shape index (κ1) is 13.1. The number of hydrogen-bond acceptors (Lipinski definition) is 1. The van der Waals surface area contributed by atoms with Crippen LogP contribution in [0.4, 0.5) is 4.39 Å². The molecule has 19 heavy (non-hydrogen) atoms.